The summed E-state index contributed by atoms with van der Waals surface area (Å²) in [5.41, 5.74) is 3.01. The van der Waals surface area contributed by atoms with E-state index in [9.17, 15) is 14.4 Å². The maximum Gasteiger partial charge on any atom is 0.323 e. The van der Waals surface area contributed by atoms with Crippen LogP contribution < -0.4 is 4.90 Å². The van der Waals surface area contributed by atoms with Gasteiger partial charge < -0.3 is 10.0 Å². The first-order valence-electron chi connectivity index (χ1n) is 6.25. The minimum absolute atomic E-state index is 0.0154. The lowest BCUT2D eigenvalue weighted by molar-refractivity contribution is -0.153. The first-order chi connectivity index (χ1) is 9.38. The highest BCUT2D eigenvalue weighted by atomic mass is 16.4. The van der Waals surface area contributed by atoms with Gasteiger partial charge in [-0.05, 0) is 37.1 Å². The van der Waals surface area contributed by atoms with Gasteiger partial charge in [0.2, 0.25) is 11.8 Å². The number of amides is 2. The van der Waals surface area contributed by atoms with E-state index in [1.165, 1.54) is 0 Å². The van der Waals surface area contributed by atoms with Gasteiger partial charge in [0.15, 0.2) is 0 Å². The molecule has 1 aromatic rings. The number of carboxylic acids is 1. The lowest BCUT2D eigenvalue weighted by Gasteiger charge is -2.33. The average molecular weight is 276 g/mol. The molecule has 1 heterocycles. The molecule has 0 aromatic heterocycles. The van der Waals surface area contributed by atoms with E-state index in [0.29, 0.717) is 0 Å². The van der Waals surface area contributed by atoms with Crippen LogP contribution in [0.4, 0.5) is 5.69 Å². The van der Waals surface area contributed by atoms with Gasteiger partial charge in [-0.2, -0.15) is 0 Å². The summed E-state index contributed by atoms with van der Waals surface area (Å²) in [6.45, 7) is 3.41. The number of carboxylic acid groups (broad SMARTS) is 1. The number of carbonyl (C=O) groups excluding carboxylic acids is 2. The molecule has 0 spiro atoms. The Morgan fingerprint density at radius 2 is 1.75 bits per heavy atom. The molecule has 1 fully saturated rings. The molecule has 1 aliphatic rings. The van der Waals surface area contributed by atoms with Crippen LogP contribution in [-0.4, -0.2) is 47.4 Å². The molecule has 0 saturated carbocycles. The second kappa shape index (κ2) is 5.32. The fraction of sp³-hybridized carbons (Fsp3) is 0.357. The maximum atomic E-state index is 11.9. The Kier molecular flexibility index (Phi) is 3.74. The number of nitrogens with zero attached hydrogens (tertiary/aromatic N) is 2. The van der Waals surface area contributed by atoms with Crippen LogP contribution in [0.25, 0.3) is 0 Å². The van der Waals surface area contributed by atoms with Gasteiger partial charge in [0.05, 0.1) is 13.1 Å². The number of aliphatic carboxylic acids is 1. The number of aryl methyl sites for hydroxylation is 2. The van der Waals surface area contributed by atoms with Gasteiger partial charge in [-0.3, -0.25) is 19.3 Å². The molecule has 6 heteroatoms. The number of piperazine rings is 1. The normalized spacial score (nSPS) is 15.7. The van der Waals surface area contributed by atoms with Gasteiger partial charge in [-0.25, -0.2) is 0 Å². The van der Waals surface area contributed by atoms with E-state index in [4.69, 9.17) is 5.11 Å². The summed E-state index contributed by atoms with van der Waals surface area (Å²) >= 11 is 0. The number of imide groups is 1. The van der Waals surface area contributed by atoms with Crippen molar-refractivity contribution in [3.63, 3.8) is 0 Å². The fourth-order valence-corrected chi connectivity index (χ4v) is 2.11. The van der Waals surface area contributed by atoms with Crippen molar-refractivity contribution in [3.05, 3.63) is 29.3 Å². The van der Waals surface area contributed by atoms with E-state index in [2.05, 4.69) is 0 Å². The molecule has 0 aliphatic carbocycles. The number of carbonyl (C=O) groups is 3. The highest BCUT2D eigenvalue weighted by Crippen LogP contribution is 2.20. The topological polar surface area (TPSA) is 77.9 Å². The lowest BCUT2D eigenvalue weighted by atomic mass is 10.1. The van der Waals surface area contributed by atoms with Crippen molar-refractivity contribution in [2.45, 2.75) is 13.8 Å². The van der Waals surface area contributed by atoms with Crippen molar-refractivity contribution in [2.75, 3.05) is 24.5 Å². The molecule has 0 atom stereocenters. The largest absolute Gasteiger partial charge is 0.480 e. The van der Waals surface area contributed by atoms with Crippen LogP contribution in [0.3, 0.4) is 0 Å². The highest BCUT2D eigenvalue weighted by Gasteiger charge is 2.32. The summed E-state index contributed by atoms with van der Waals surface area (Å²) in [6, 6.07) is 5.71. The minimum atomic E-state index is -1.19. The maximum absolute atomic E-state index is 11.9. The van der Waals surface area contributed by atoms with Gasteiger partial charge in [0.1, 0.15) is 6.54 Å². The molecule has 0 radical (unpaired) electrons. The molecule has 1 aliphatic heterocycles. The Bertz CT molecular complexity index is 565. The zero-order valence-corrected chi connectivity index (χ0v) is 11.4. The SMILES string of the molecule is Cc1ccc(N2CC(=O)N(CC(=O)O)C(=O)C2)cc1C. The quantitative estimate of drug-likeness (QED) is 0.816. The van der Waals surface area contributed by atoms with E-state index >= 15 is 0 Å². The van der Waals surface area contributed by atoms with Gasteiger partial charge in [0, 0.05) is 5.69 Å². The third kappa shape index (κ3) is 2.79. The average Bonchev–Trinajstić information content (AvgIpc) is 2.36. The van der Waals surface area contributed by atoms with Crippen molar-refractivity contribution in [1.82, 2.24) is 4.90 Å². The third-order valence-electron chi connectivity index (χ3n) is 3.40. The standard InChI is InChI=1S/C14H16N2O4/c1-9-3-4-11(5-10(9)2)15-6-12(17)16(8-14(19)20)13(18)7-15/h3-5H,6-8H2,1-2H3,(H,19,20). The van der Waals surface area contributed by atoms with Crippen LogP contribution in [0.2, 0.25) is 0 Å². The molecule has 0 unspecified atom stereocenters. The molecule has 6 nitrogen and oxygen atoms in total. The smallest absolute Gasteiger partial charge is 0.323 e. The van der Waals surface area contributed by atoms with Crippen LogP contribution in [0.15, 0.2) is 18.2 Å². The summed E-state index contributed by atoms with van der Waals surface area (Å²) < 4.78 is 0. The van der Waals surface area contributed by atoms with Crippen LogP contribution in [0, 0.1) is 13.8 Å². The Balaban J connectivity index is 2.18. The molecule has 2 amide bonds. The van der Waals surface area contributed by atoms with Crippen molar-refractivity contribution >= 4 is 23.5 Å². The van der Waals surface area contributed by atoms with E-state index in [-0.39, 0.29) is 13.1 Å². The number of hydrogen-bond donors (Lipinski definition) is 1. The van der Waals surface area contributed by atoms with Gasteiger partial charge >= 0.3 is 5.97 Å². The van der Waals surface area contributed by atoms with Crippen molar-refractivity contribution < 1.29 is 19.5 Å². The summed E-state index contributed by atoms with van der Waals surface area (Å²) in [7, 11) is 0. The Morgan fingerprint density at radius 1 is 1.15 bits per heavy atom. The number of hydrogen-bond acceptors (Lipinski definition) is 4. The summed E-state index contributed by atoms with van der Waals surface area (Å²) in [5.74, 6) is -2.16. The fourth-order valence-electron chi connectivity index (χ4n) is 2.11. The first-order valence-corrected chi connectivity index (χ1v) is 6.25. The summed E-state index contributed by atoms with van der Waals surface area (Å²) in [5, 5.41) is 8.69. The van der Waals surface area contributed by atoms with Crippen molar-refractivity contribution in [3.8, 4) is 0 Å². The lowest BCUT2D eigenvalue weighted by Crippen LogP contribution is -2.55. The molecule has 20 heavy (non-hydrogen) atoms. The Labute approximate surface area is 116 Å². The van der Waals surface area contributed by atoms with Crippen LogP contribution in [0.5, 0.6) is 0 Å². The number of rotatable bonds is 3. The van der Waals surface area contributed by atoms with E-state index in [0.717, 1.165) is 21.7 Å². The molecular weight excluding hydrogens is 260 g/mol. The molecule has 1 saturated heterocycles. The first kappa shape index (κ1) is 14.0. The molecular formula is C14H16N2O4. The van der Waals surface area contributed by atoms with Crippen molar-refractivity contribution in [2.24, 2.45) is 0 Å². The van der Waals surface area contributed by atoms with Gasteiger partial charge in [0.25, 0.3) is 0 Å². The predicted molar refractivity (Wildman–Crippen MR) is 72.5 cm³/mol. The summed E-state index contributed by atoms with van der Waals surface area (Å²) in [4.78, 5) is 36.8. The second-order valence-electron chi connectivity index (χ2n) is 4.89. The van der Waals surface area contributed by atoms with Crippen LogP contribution >= 0.6 is 0 Å². The minimum Gasteiger partial charge on any atom is -0.480 e. The predicted octanol–water partition coefficient (Wildman–Crippen LogP) is 0.563. The van der Waals surface area contributed by atoms with E-state index in [1.807, 2.05) is 32.0 Å². The van der Waals surface area contributed by atoms with Crippen molar-refractivity contribution in [1.29, 1.82) is 0 Å². The Hall–Kier alpha value is -2.37. The highest BCUT2D eigenvalue weighted by molar-refractivity contribution is 6.04. The second-order valence-corrected chi connectivity index (χ2v) is 4.89. The molecule has 0 bridgehead atoms. The molecule has 2 rings (SSSR count). The Morgan fingerprint density at radius 3 is 2.25 bits per heavy atom. The third-order valence-corrected chi connectivity index (χ3v) is 3.40. The van der Waals surface area contributed by atoms with Crippen LogP contribution in [0.1, 0.15) is 11.1 Å². The molecule has 1 N–H and O–H groups in total. The van der Waals surface area contributed by atoms with E-state index in [1.54, 1.807) is 4.90 Å². The molecule has 1 aromatic carbocycles. The monoisotopic (exact) mass is 276 g/mol. The number of benzene rings is 1. The summed E-state index contributed by atoms with van der Waals surface area (Å²) in [6.07, 6.45) is 0. The number of anilines is 1. The van der Waals surface area contributed by atoms with Gasteiger partial charge in [-0.15, -0.1) is 0 Å². The van der Waals surface area contributed by atoms with Gasteiger partial charge in [-0.1, -0.05) is 6.07 Å². The zero-order chi connectivity index (χ0) is 14.9. The van der Waals surface area contributed by atoms with Crippen LogP contribution in [-0.2, 0) is 14.4 Å². The zero-order valence-electron chi connectivity index (χ0n) is 11.4. The van der Waals surface area contributed by atoms with E-state index < -0.39 is 24.3 Å². The molecule has 106 valence electrons.